The molecule has 0 aliphatic carbocycles. The second-order valence-electron chi connectivity index (χ2n) is 25.3. The number of methoxy groups -OCH3 is 1. The number of carbonyl (C=O) groups excluding carboxylic acids is 10. The van der Waals surface area contributed by atoms with Gasteiger partial charge in [-0.1, -0.05) is 47.1 Å². The van der Waals surface area contributed by atoms with Gasteiger partial charge in [-0.25, -0.2) is 4.98 Å². The van der Waals surface area contributed by atoms with Crippen LogP contribution in [0.5, 0.6) is 5.75 Å². The maximum absolute atomic E-state index is 14.4. The number of phenols is 1. The highest BCUT2D eigenvalue weighted by atomic mass is 32.2. The van der Waals surface area contributed by atoms with E-state index in [1.807, 2.05) is 60.5 Å². The molecule has 8 atom stereocenters. The summed E-state index contributed by atoms with van der Waals surface area (Å²) in [7, 11) is 6.92. The largest absolute Gasteiger partial charge is 0.506 e. The van der Waals surface area contributed by atoms with Gasteiger partial charge >= 0.3 is 11.9 Å². The summed E-state index contributed by atoms with van der Waals surface area (Å²) in [4.78, 5) is 154. The van der Waals surface area contributed by atoms with Crippen LogP contribution in [0.25, 0.3) is 0 Å². The van der Waals surface area contributed by atoms with Gasteiger partial charge in [0.1, 0.15) is 23.1 Å². The molecule has 1 aliphatic heterocycles. The van der Waals surface area contributed by atoms with Crippen molar-refractivity contribution >= 4 is 93.6 Å². The van der Waals surface area contributed by atoms with Gasteiger partial charge in [-0.2, -0.15) is 11.8 Å². The first-order valence-corrected chi connectivity index (χ1v) is 35.1. The molecule has 95 heavy (non-hydrogen) atoms. The zero-order valence-electron chi connectivity index (χ0n) is 58.0. The second kappa shape index (κ2) is 43.0. The first-order chi connectivity index (χ1) is 44.9. The number of likely N-dealkylation sites (N-methyl/N-ethyl adjacent to an activating group) is 1. The summed E-state index contributed by atoms with van der Waals surface area (Å²) in [5.74, 6) is -6.74. The SMILES string of the molecule is CC[C@H](C)[C@H](CC(=O)C(C)(C)N(C)C)C(=O)N(C)[C@H](C[C@@H](OC(C)=O)c1nc(C(=O)N[C@@H](Cc2ccc(O)c(NC(=O)CCCCC(=O)[C@H](CCCCNC(=O)COCCOCCOCCOC)NC(=O)CCCN3C(=O)CC(SC)C3=O)c2)CC(C)C(=O)O)cs1)C(C)C. The van der Waals surface area contributed by atoms with E-state index in [4.69, 9.17) is 23.7 Å². The monoisotopic (exact) mass is 1370 g/mol. The van der Waals surface area contributed by atoms with Crippen molar-refractivity contribution < 1.29 is 86.6 Å². The number of aliphatic carboxylic acids is 1. The molecule has 1 aliphatic rings. The lowest BCUT2D eigenvalue weighted by atomic mass is 9.81. The van der Waals surface area contributed by atoms with Gasteiger partial charge in [0.25, 0.3) is 5.91 Å². The number of rotatable bonds is 49. The van der Waals surface area contributed by atoms with Gasteiger partial charge < -0.3 is 60.1 Å². The number of carboxylic acid groups (broad SMARTS) is 1. The van der Waals surface area contributed by atoms with E-state index in [1.54, 1.807) is 31.4 Å². The number of hydrogen-bond donors (Lipinski definition) is 6. The number of thioether (sulfide) groups is 1. The summed E-state index contributed by atoms with van der Waals surface area (Å²) in [5, 5.41) is 33.4. The Labute approximate surface area is 568 Å². The number of anilines is 1. The molecule has 26 nitrogen and oxygen atoms in total. The molecule has 2 aromatic rings. The first-order valence-electron chi connectivity index (χ1n) is 32.9. The number of esters is 1. The molecule has 1 fully saturated rings. The number of imide groups is 1. The van der Waals surface area contributed by atoms with Crippen molar-refractivity contribution in [2.24, 2.45) is 23.7 Å². The smallest absolute Gasteiger partial charge is 0.306 e. The van der Waals surface area contributed by atoms with Crippen LogP contribution in [0.3, 0.4) is 0 Å². The van der Waals surface area contributed by atoms with E-state index in [0.29, 0.717) is 62.8 Å². The number of benzene rings is 1. The number of ether oxygens (including phenoxy) is 5. The summed E-state index contributed by atoms with van der Waals surface area (Å²) < 4.78 is 26.9. The Morgan fingerprint density at radius 3 is 2.11 bits per heavy atom. The number of nitrogens with one attached hydrogen (secondary N) is 4. The Bertz CT molecular complexity index is 2840. The molecule has 1 aromatic carbocycles. The topological polar surface area (TPSA) is 345 Å². The average Bonchev–Trinajstić information content (AvgIpc) is 1.72. The van der Waals surface area contributed by atoms with Crippen LogP contribution in [0.2, 0.25) is 0 Å². The molecule has 7 amide bonds. The van der Waals surface area contributed by atoms with Crippen molar-refractivity contribution in [1.82, 2.24) is 35.6 Å². The number of thiazole rings is 1. The highest BCUT2D eigenvalue weighted by molar-refractivity contribution is 8.00. The zero-order chi connectivity index (χ0) is 71.0. The minimum Gasteiger partial charge on any atom is -0.506 e. The number of carboxylic acids is 1. The minimum atomic E-state index is -1.10. The summed E-state index contributed by atoms with van der Waals surface area (Å²) in [6.45, 7) is 16.7. The third-order valence-corrected chi connectivity index (χ3v) is 19.1. The number of amides is 7. The van der Waals surface area contributed by atoms with Crippen LogP contribution in [0.15, 0.2) is 23.6 Å². The van der Waals surface area contributed by atoms with Crippen molar-refractivity contribution in [2.45, 2.75) is 187 Å². The molecule has 28 heteroatoms. The molecule has 1 saturated heterocycles. The number of phenolic OH excluding ortho intramolecular Hbond substituents is 1. The van der Waals surface area contributed by atoms with Gasteiger partial charge in [-0.15, -0.1) is 11.3 Å². The fraction of sp³-hybridized carbons (Fsp3) is 0.701. The maximum atomic E-state index is 14.4. The molecule has 0 bridgehead atoms. The van der Waals surface area contributed by atoms with Crippen molar-refractivity contribution in [2.75, 3.05) is 99.2 Å². The summed E-state index contributed by atoms with van der Waals surface area (Å²) in [6, 6.07) is 2.29. The number of carbonyl (C=O) groups is 11. The van der Waals surface area contributed by atoms with Crippen LogP contribution in [-0.4, -0.2) is 218 Å². The molecule has 1 aromatic heterocycles. The lowest BCUT2D eigenvalue weighted by molar-refractivity contribution is -0.150. The summed E-state index contributed by atoms with van der Waals surface area (Å²) in [5.41, 5.74) is -0.242. The molecule has 0 spiro atoms. The lowest BCUT2D eigenvalue weighted by Gasteiger charge is -2.38. The molecule has 2 heterocycles. The lowest BCUT2D eigenvalue weighted by Crippen LogP contribution is -2.50. The zero-order valence-corrected chi connectivity index (χ0v) is 59.6. The van der Waals surface area contributed by atoms with Crippen molar-refractivity contribution in [3.05, 3.63) is 39.8 Å². The number of ketones is 2. The first kappa shape index (κ1) is 82.8. The third-order valence-electron chi connectivity index (χ3n) is 17.2. The Balaban J connectivity index is 1.67. The van der Waals surface area contributed by atoms with E-state index < -0.39 is 76.5 Å². The number of hydrogen-bond acceptors (Lipinski definition) is 21. The minimum absolute atomic E-state index is 0.0142. The molecule has 3 rings (SSSR count). The Kier molecular flexibility index (Phi) is 37.5. The van der Waals surface area contributed by atoms with Crippen LogP contribution >= 0.6 is 23.1 Å². The predicted octanol–water partition coefficient (Wildman–Crippen LogP) is 6.55. The van der Waals surface area contributed by atoms with E-state index in [1.165, 1.54) is 48.0 Å². The Morgan fingerprint density at radius 1 is 0.842 bits per heavy atom. The summed E-state index contributed by atoms with van der Waals surface area (Å²) in [6.07, 6.45) is 3.64. The number of aromatic hydroxyl groups is 1. The van der Waals surface area contributed by atoms with Gasteiger partial charge in [0, 0.05) is 96.1 Å². The number of aromatic nitrogens is 1. The van der Waals surface area contributed by atoms with Gasteiger partial charge in [-0.3, -0.25) is 62.5 Å². The highest BCUT2D eigenvalue weighted by Crippen LogP contribution is 2.34. The number of nitrogens with zero attached hydrogens (tertiary/aromatic N) is 4. The third kappa shape index (κ3) is 29.0. The van der Waals surface area contributed by atoms with E-state index >= 15 is 0 Å². The Morgan fingerprint density at radius 2 is 1.49 bits per heavy atom. The number of likely N-dealkylation sites (tertiary alicyclic amines) is 1. The highest BCUT2D eigenvalue weighted by Gasteiger charge is 2.40. The Hall–Kier alpha value is -6.43. The molecular weight excluding hydrogens is 1270 g/mol. The van der Waals surface area contributed by atoms with Crippen molar-refractivity contribution in [3.63, 3.8) is 0 Å². The normalized spacial score (nSPS) is 15.6. The number of unbranched alkanes of at least 4 members (excludes halogenated alkanes) is 2. The van der Waals surface area contributed by atoms with E-state index in [-0.39, 0.29) is 168 Å². The predicted molar refractivity (Wildman–Crippen MR) is 361 cm³/mol. The van der Waals surface area contributed by atoms with Crippen LogP contribution in [0.4, 0.5) is 5.69 Å². The standard InChI is InChI=1S/C67H106N8O18S2/c1-14-43(4)48(37-57(79)67(7,8)73(9)10)64(85)74(11)52(42(2)3)38-55(93-45(6)76)63-72-51(41-95-63)62(84)69-47(34-44(5)66(87)88)35-46-24-25-54(78)50(36-46)71-58(80)22-16-15-21-53(77)49(70-59(81)23-19-27-75-61(83)39-56(94-13)65(75)86)20-17-18-26-68-60(82)40-92-33-32-91-31-30-90-29-28-89-12/h24-25,36,41-44,47-49,52,55-56,78H,14-23,26-35,37-40H2,1-13H3,(H,68,82)(H,69,84)(H,70,81)(H,71,80)(H,87,88)/t43-,44?,47+,48-,49-,52+,55+,56?/m0/s1. The van der Waals surface area contributed by atoms with Crippen LogP contribution in [-0.2, 0) is 78.1 Å². The van der Waals surface area contributed by atoms with Gasteiger partial charge in [-0.05, 0) is 115 Å². The molecule has 0 saturated carbocycles. The molecule has 2 unspecified atom stereocenters. The molecular formula is C67H106N8O18S2. The van der Waals surface area contributed by atoms with E-state index in [2.05, 4.69) is 26.3 Å². The maximum Gasteiger partial charge on any atom is 0.306 e. The van der Waals surface area contributed by atoms with Gasteiger partial charge in [0.15, 0.2) is 17.7 Å². The van der Waals surface area contributed by atoms with Crippen molar-refractivity contribution in [1.29, 1.82) is 0 Å². The van der Waals surface area contributed by atoms with Crippen LogP contribution in [0.1, 0.15) is 172 Å². The van der Waals surface area contributed by atoms with Crippen LogP contribution in [0, 0.1) is 23.7 Å². The fourth-order valence-corrected chi connectivity index (χ4v) is 12.0. The van der Waals surface area contributed by atoms with Crippen molar-refractivity contribution in [3.8, 4) is 5.75 Å². The molecule has 6 N–H and O–H groups in total. The summed E-state index contributed by atoms with van der Waals surface area (Å²) >= 11 is 2.38. The average molecular weight is 1380 g/mol. The van der Waals surface area contributed by atoms with Crippen LogP contribution < -0.4 is 21.3 Å². The van der Waals surface area contributed by atoms with E-state index in [0.717, 1.165) is 11.3 Å². The fourth-order valence-electron chi connectivity index (χ4n) is 10.6. The molecule has 0 radical (unpaired) electrons. The number of Topliss-reactive ketones (excluding diaryl/α,β-unsaturated/α-hetero) is 2. The quantitative estimate of drug-likeness (QED) is 0.0177. The van der Waals surface area contributed by atoms with E-state index in [9.17, 15) is 63.0 Å². The second-order valence-corrected chi connectivity index (χ2v) is 27.2. The molecule has 534 valence electrons. The van der Waals surface area contributed by atoms with Gasteiger partial charge in [0.05, 0.1) is 68.1 Å². The van der Waals surface area contributed by atoms with Gasteiger partial charge in [0.2, 0.25) is 35.4 Å².